The van der Waals surface area contributed by atoms with Gasteiger partial charge in [0.2, 0.25) is 0 Å². The number of benzene rings is 8. The lowest BCUT2D eigenvalue weighted by molar-refractivity contribution is 1.18. The lowest BCUT2D eigenvalue weighted by Crippen LogP contribution is -1.95. The van der Waals surface area contributed by atoms with Gasteiger partial charge in [0.1, 0.15) is 0 Å². The first-order chi connectivity index (χ1) is 22.8. The zero-order chi connectivity index (χ0) is 30.6. The Labute approximate surface area is 268 Å². The molecule has 0 bridgehead atoms. The second kappa shape index (κ2) is 10.6. The van der Waals surface area contributed by atoms with E-state index in [4.69, 9.17) is 0 Å². The first-order valence-corrected chi connectivity index (χ1v) is 16.0. The van der Waals surface area contributed by atoms with Crippen molar-refractivity contribution in [3.63, 3.8) is 0 Å². The van der Waals surface area contributed by atoms with Crippen molar-refractivity contribution in [2.45, 2.75) is 6.92 Å². The normalized spacial score (nSPS) is 11.6. The van der Waals surface area contributed by atoms with Crippen molar-refractivity contribution in [1.82, 2.24) is 4.57 Å². The topological polar surface area (TPSA) is 4.93 Å². The van der Waals surface area contributed by atoms with Crippen LogP contribution >= 0.6 is 0 Å². The minimum absolute atomic E-state index is 1.17. The van der Waals surface area contributed by atoms with E-state index in [2.05, 4.69) is 181 Å². The second-order valence-electron chi connectivity index (χ2n) is 12.2. The number of hydrogen-bond donors (Lipinski definition) is 0. The highest BCUT2D eigenvalue weighted by Crippen LogP contribution is 2.44. The summed E-state index contributed by atoms with van der Waals surface area (Å²) in [4.78, 5) is 0. The van der Waals surface area contributed by atoms with Crippen LogP contribution in [0.4, 0.5) is 0 Å². The number of rotatable bonds is 4. The Kier molecular flexibility index (Phi) is 6.11. The highest BCUT2D eigenvalue weighted by Gasteiger charge is 2.18. The third kappa shape index (κ3) is 4.09. The quantitative estimate of drug-likeness (QED) is 0.181. The van der Waals surface area contributed by atoms with Gasteiger partial charge >= 0.3 is 0 Å². The molecule has 0 aliphatic rings. The minimum Gasteiger partial charge on any atom is -0.309 e. The minimum atomic E-state index is 1.17. The summed E-state index contributed by atoms with van der Waals surface area (Å²) in [6.45, 7) is 2.18. The molecule has 0 aliphatic heterocycles. The van der Waals surface area contributed by atoms with Gasteiger partial charge in [-0.15, -0.1) is 0 Å². The Balaban J connectivity index is 1.27. The van der Waals surface area contributed by atoms with Gasteiger partial charge in [0.05, 0.1) is 11.0 Å². The summed E-state index contributed by atoms with van der Waals surface area (Å²) in [5, 5.41) is 7.61. The molecule has 1 aromatic heterocycles. The average molecular weight is 586 g/mol. The van der Waals surface area contributed by atoms with Gasteiger partial charge in [-0.25, -0.2) is 0 Å². The molecule has 9 aromatic rings. The fourth-order valence-corrected chi connectivity index (χ4v) is 7.46. The molecule has 1 nitrogen and oxygen atoms in total. The number of aromatic nitrogens is 1. The molecule has 0 atom stereocenters. The fourth-order valence-electron chi connectivity index (χ4n) is 7.46. The zero-order valence-electron chi connectivity index (χ0n) is 25.6. The molecule has 216 valence electrons. The fraction of sp³-hybridized carbons (Fsp3) is 0.0222. The number of aryl methyl sites for hydroxylation is 1. The predicted molar refractivity (Wildman–Crippen MR) is 197 cm³/mol. The van der Waals surface area contributed by atoms with Gasteiger partial charge in [-0.1, -0.05) is 146 Å². The molecule has 0 N–H and O–H groups in total. The van der Waals surface area contributed by atoms with Crippen LogP contribution in [0, 0.1) is 6.92 Å². The summed E-state index contributed by atoms with van der Waals surface area (Å²) in [5.74, 6) is 0. The van der Waals surface area contributed by atoms with Gasteiger partial charge in [-0.3, -0.25) is 0 Å². The number of para-hydroxylation sites is 2. The molecule has 0 saturated carbocycles. The first kappa shape index (κ1) is 26.5. The number of hydrogen-bond acceptors (Lipinski definition) is 0. The molecule has 0 radical (unpaired) electrons. The molecule has 1 heteroatoms. The molecule has 1 heterocycles. The van der Waals surface area contributed by atoms with Crippen molar-refractivity contribution in [2.24, 2.45) is 0 Å². The van der Waals surface area contributed by atoms with Crippen molar-refractivity contribution in [1.29, 1.82) is 0 Å². The van der Waals surface area contributed by atoms with E-state index in [0.29, 0.717) is 0 Å². The van der Waals surface area contributed by atoms with Crippen LogP contribution in [0.3, 0.4) is 0 Å². The Morgan fingerprint density at radius 2 is 0.804 bits per heavy atom. The maximum absolute atomic E-state index is 2.41. The van der Waals surface area contributed by atoms with Gasteiger partial charge in [0, 0.05) is 16.5 Å². The van der Waals surface area contributed by atoms with Gasteiger partial charge in [0.25, 0.3) is 0 Å². The van der Waals surface area contributed by atoms with Crippen LogP contribution < -0.4 is 0 Å². The molecule has 0 fully saturated rings. The summed E-state index contributed by atoms with van der Waals surface area (Å²) in [5.41, 5.74) is 12.4. The van der Waals surface area contributed by atoms with Crippen LogP contribution in [-0.4, -0.2) is 4.57 Å². The van der Waals surface area contributed by atoms with Gasteiger partial charge in [0.15, 0.2) is 0 Å². The molecule has 9 rings (SSSR count). The van der Waals surface area contributed by atoms with Gasteiger partial charge in [-0.2, -0.15) is 0 Å². The van der Waals surface area contributed by atoms with E-state index < -0.39 is 0 Å². The van der Waals surface area contributed by atoms with Gasteiger partial charge in [-0.05, 0) is 91.7 Å². The van der Waals surface area contributed by atoms with Crippen molar-refractivity contribution < 1.29 is 0 Å². The molecule has 0 spiro atoms. The molecule has 0 unspecified atom stereocenters. The average Bonchev–Trinajstić information content (AvgIpc) is 3.45. The van der Waals surface area contributed by atoms with Crippen LogP contribution in [0.5, 0.6) is 0 Å². The van der Waals surface area contributed by atoms with Crippen LogP contribution in [0.2, 0.25) is 0 Å². The Hall–Kier alpha value is -5.92. The third-order valence-corrected chi connectivity index (χ3v) is 9.53. The summed E-state index contributed by atoms with van der Waals surface area (Å²) in [7, 11) is 0. The van der Waals surface area contributed by atoms with E-state index in [9.17, 15) is 0 Å². The SMILES string of the molecule is Cc1ccccc1-c1ccc(-c2c3ccccc3c(-c3cccc(-n4c5ccccc5c5ccccc54)c3)c3ccccc23)cc1. The molecular formula is C45H31N. The highest BCUT2D eigenvalue weighted by atomic mass is 15.0. The first-order valence-electron chi connectivity index (χ1n) is 16.0. The number of nitrogens with zero attached hydrogens (tertiary/aromatic N) is 1. The monoisotopic (exact) mass is 585 g/mol. The molecule has 46 heavy (non-hydrogen) atoms. The second-order valence-corrected chi connectivity index (χ2v) is 12.2. The van der Waals surface area contributed by atoms with E-state index in [-0.39, 0.29) is 0 Å². The van der Waals surface area contributed by atoms with Crippen molar-refractivity contribution in [2.75, 3.05) is 0 Å². The Morgan fingerprint density at radius 3 is 1.37 bits per heavy atom. The molecule has 0 amide bonds. The Morgan fingerprint density at radius 1 is 0.348 bits per heavy atom. The van der Waals surface area contributed by atoms with Gasteiger partial charge < -0.3 is 4.57 Å². The standard InChI is InChI=1S/C45H31N/c1-30-13-2-3-16-35(30)31-25-27-32(28-26-31)44-38-19-4-6-21-40(38)45(41-22-7-5-20-39(41)44)33-14-12-15-34(29-33)46-42-23-10-8-17-36(42)37-18-9-11-24-43(37)46/h2-29H,1H3. The molecule has 0 saturated heterocycles. The molecule has 8 aromatic carbocycles. The maximum Gasteiger partial charge on any atom is 0.0541 e. The lowest BCUT2D eigenvalue weighted by atomic mass is 9.85. The van der Waals surface area contributed by atoms with Crippen molar-refractivity contribution in [3.05, 3.63) is 175 Å². The van der Waals surface area contributed by atoms with E-state index >= 15 is 0 Å². The predicted octanol–water partition coefficient (Wildman–Crippen LogP) is 12.4. The van der Waals surface area contributed by atoms with Crippen molar-refractivity contribution in [3.8, 4) is 39.1 Å². The smallest absolute Gasteiger partial charge is 0.0541 e. The van der Waals surface area contributed by atoms with Crippen molar-refractivity contribution >= 4 is 43.4 Å². The molecular weight excluding hydrogens is 555 g/mol. The van der Waals surface area contributed by atoms with E-state index in [1.165, 1.54) is 88.0 Å². The Bertz CT molecular complexity index is 2470. The lowest BCUT2D eigenvalue weighted by Gasteiger charge is -2.19. The van der Waals surface area contributed by atoms with Crippen LogP contribution in [0.25, 0.3) is 82.4 Å². The van der Waals surface area contributed by atoms with Crippen LogP contribution in [0.15, 0.2) is 170 Å². The largest absolute Gasteiger partial charge is 0.309 e. The van der Waals surface area contributed by atoms with Crippen LogP contribution in [-0.2, 0) is 0 Å². The van der Waals surface area contributed by atoms with E-state index in [1.54, 1.807) is 0 Å². The number of fused-ring (bicyclic) bond motifs is 5. The highest BCUT2D eigenvalue weighted by molar-refractivity contribution is 6.21. The third-order valence-electron chi connectivity index (χ3n) is 9.53. The van der Waals surface area contributed by atoms with E-state index in [0.717, 1.165) is 0 Å². The van der Waals surface area contributed by atoms with E-state index in [1.807, 2.05) is 0 Å². The summed E-state index contributed by atoms with van der Waals surface area (Å²) in [6.07, 6.45) is 0. The summed E-state index contributed by atoms with van der Waals surface area (Å²) >= 11 is 0. The maximum atomic E-state index is 2.41. The summed E-state index contributed by atoms with van der Waals surface area (Å²) in [6, 6.07) is 62.0. The summed E-state index contributed by atoms with van der Waals surface area (Å²) < 4.78 is 2.41. The zero-order valence-corrected chi connectivity index (χ0v) is 25.6. The molecule has 0 aliphatic carbocycles. The van der Waals surface area contributed by atoms with Crippen LogP contribution in [0.1, 0.15) is 5.56 Å².